The number of fused-ring (bicyclic) bond motifs is 1. The first kappa shape index (κ1) is 11.8. The Kier molecular flexibility index (Phi) is 2.78. The highest BCUT2D eigenvalue weighted by molar-refractivity contribution is 5.80. The number of nitrogens with zero attached hydrogens (tertiary/aromatic N) is 1. The predicted octanol–water partition coefficient (Wildman–Crippen LogP) is 4.11. The Balaban J connectivity index is 2.08. The van der Waals surface area contributed by atoms with Crippen LogP contribution in [0.1, 0.15) is 5.56 Å². The van der Waals surface area contributed by atoms with E-state index in [4.69, 9.17) is 0 Å². The van der Waals surface area contributed by atoms with Crippen LogP contribution in [0.4, 0.5) is 13.2 Å². The van der Waals surface area contributed by atoms with E-state index >= 15 is 0 Å². The van der Waals surface area contributed by atoms with Gasteiger partial charge >= 0.3 is 0 Å². The number of aromatic nitrogens is 1. The molecule has 0 unspecified atom stereocenters. The summed E-state index contributed by atoms with van der Waals surface area (Å²) in [6, 6.07) is 9.88. The summed E-state index contributed by atoms with van der Waals surface area (Å²) < 4.78 is 42.0. The number of halogens is 3. The van der Waals surface area contributed by atoms with Crippen LogP contribution < -0.4 is 0 Å². The molecule has 2 aromatic carbocycles. The van der Waals surface area contributed by atoms with Crippen LogP contribution in [-0.2, 0) is 6.54 Å². The van der Waals surface area contributed by atoms with E-state index in [-0.39, 0.29) is 17.9 Å². The molecular weight excluding hydrogens is 251 g/mol. The third-order valence-electron chi connectivity index (χ3n) is 3.13. The average Bonchev–Trinajstić information content (AvgIpc) is 2.76. The monoisotopic (exact) mass is 261 g/mol. The van der Waals surface area contributed by atoms with Crippen LogP contribution in [0.2, 0.25) is 0 Å². The van der Waals surface area contributed by atoms with Gasteiger partial charge in [0.25, 0.3) is 0 Å². The Hall–Kier alpha value is -2.23. The Morgan fingerprint density at radius 3 is 2.37 bits per heavy atom. The number of hydrogen-bond acceptors (Lipinski definition) is 0. The Labute approximate surface area is 107 Å². The molecule has 0 amide bonds. The first-order chi connectivity index (χ1) is 9.15. The van der Waals surface area contributed by atoms with Crippen LogP contribution in [0, 0.1) is 17.5 Å². The number of hydrogen-bond donors (Lipinski definition) is 0. The smallest absolute Gasteiger partial charge is 0.131 e. The molecule has 1 heterocycles. The van der Waals surface area contributed by atoms with E-state index in [9.17, 15) is 13.2 Å². The van der Waals surface area contributed by atoms with Gasteiger partial charge in [-0.2, -0.15) is 0 Å². The van der Waals surface area contributed by atoms with Gasteiger partial charge in [-0.05, 0) is 41.8 Å². The molecule has 3 rings (SSSR count). The minimum atomic E-state index is -0.599. The number of rotatable bonds is 2. The zero-order chi connectivity index (χ0) is 13.4. The van der Waals surface area contributed by atoms with Gasteiger partial charge < -0.3 is 4.57 Å². The summed E-state index contributed by atoms with van der Waals surface area (Å²) in [7, 11) is 0. The molecule has 3 aromatic rings. The highest BCUT2D eigenvalue weighted by Gasteiger charge is 2.10. The lowest BCUT2D eigenvalue weighted by Gasteiger charge is -2.08. The van der Waals surface area contributed by atoms with Crippen molar-refractivity contribution in [2.24, 2.45) is 0 Å². The molecule has 0 N–H and O–H groups in total. The molecular formula is C15H10F3N. The molecule has 0 bridgehead atoms. The highest BCUT2D eigenvalue weighted by atomic mass is 19.1. The first-order valence-electron chi connectivity index (χ1n) is 5.82. The molecule has 0 saturated heterocycles. The minimum absolute atomic E-state index is 0.0238. The summed E-state index contributed by atoms with van der Waals surface area (Å²) >= 11 is 0. The van der Waals surface area contributed by atoms with Crippen LogP contribution in [0.25, 0.3) is 10.9 Å². The lowest BCUT2D eigenvalue weighted by atomic mass is 10.2. The van der Waals surface area contributed by atoms with Crippen LogP contribution in [0.3, 0.4) is 0 Å². The van der Waals surface area contributed by atoms with Crippen molar-refractivity contribution in [3.05, 3.63) is 71.7 Å². The van der Waals surface area contributed by atoms with E-state index < -0.39 is 11.6 Å². The van der Waals surface area contributed by atoms with E-state index in [0.29, 0.717) is 5.52 Å². The molecule has 0 fully saturated rings. The maximum Gasteiger partial charge on any atom is 0.131 e. The third kappa shape index (κ3) is 2.10. The topological polar surface area (TPSA) is 4.93 Å². The molecule has 1 aromatic heterocycles. The second-order valence-corrected chi connectivity index (χ2v) is 4.35. The number of benzene rings is 2. The van der Waals surface area contributed by atoms with Gasteiger partial charge in [0, 0.05) is 11.8 Å². The highest BCUT2D eigenvalue weighted by Crippen LogP contribution is 2.20. The van der Waals surface area contributed by atoms with E-state index in [1.165, 1.54) is 30.3 Å². The molecule has 0 spiro atoms. The van der Waals surface area contributed by atoms with E-state index in [1.54, 1.807) is 22.9 Å². The largest absolute Gasteiger partial charge is 0.343 e. The van der Waals surface area contributed by atoms with Crippen LogP contribution in [0.15, 0.2) is 48.7 Å². The van der Waals surface area contributed by atoms with Gasteiger partial charge in [0.15, 0.2) is 0 Å². The van der Waals surface area contributed by atoms with Crippen LogP contribution in [0.5, 0.6) is 0 Å². The van der Waals surface area contributed by atoms with Gasteiger partial charge in [0.2, 0.25) is 0 Å². The third-order valence-corrected chi connectivity index (χ3v) is 3.13. The SMILES string of the molecule is Fc1ccc2ccn(Cc3c(F)cccc3F)c2c1. The van der Waals surface area contributed by atoms with E-state index in [1.807, 2.05) is 0 Å². The van der Waals surface area contributed by atoms with E-state index in [2.05, 4.69) is 0 Å². The molecule has 0 aliphatic rings. The zero-order valence-electron chi connectivity index (χ0n) is 9.91. The standard InChI is InChI=1S/C15H10F3N/c16-11-5-4-10-6-7-19(15(10)8-11)9-12-13(17)2-1-3-14(12)18/h1-8H,9H2. The molecule has 0 saturated carbocycles. The van der Waals surface area contributed by atoms with Crippen molar-refractivity contribution in [2.75, 3.05) is 0 Å². The first-order valence-corrected chi connectivity index (χ1v) is 5.82. The molecule has 19 heavy (non-hydrogen) atoms. The molecule has 0 aliphatic heterocycles. The summed E-state index contributed by atoms with van der Waals surface area (Å²) in [5.74, 6) is -1.57. The summed E-state index contributed by atoms with van der Waals surface area (Å²) in [5, 5.41) is 0.832. The van der Waals surface area contributed by atoms with Gasteiger partial charge in [-0.3, -0.25) is 0 Å². The summed E-state index contributed by atoms with van der Waals surface area (Å²) in [6.45, 7) is 0.0332. The quantitative estimate of drug-likeness (QED) is 0.654. The second kappa shape index (κ2) is 4.46. The molecule has 0 radical (unpaired) electrons. The lowest BCUT2D eigenvalue weighted by Crippen LogP contribution is -2.03. The van der Waals surface area contributed by atoms with Gasteiger partial charge in [0.05, 0.1) is 12.1 Å². The predicted molar refractivity (Wildman–Crippen MR) is 67.4 cm³/mol. The van der Waals surface area contributed by atoms with Gasteiger partial charge in [-0.25, -0.2) is 13.2 Å². The van der Waals surface area contributed by atoms with Crippen molar-refractivity contribution >= 4 is 10.9 Å². The average molecular weight is 261 g/mol. The van der Waals surface area contributed by atoms with Crippen molar-refractivity contribution in [3.8, 4) is 0 Å². The molecule has 4 heteroatoms. The van der Waals surface area contributed by atoms with Crippen molar-refractivity contribution < 1.29 is 13.2 Å². The Bertz CT molecular complexity index is 726. The van der Waals surface area contributed by atoms with Crippen molar-refractivity contribution in [2.45, 2.75) is 6.54 Å². The summed E-state index contributed by atoms with van der Waals surface area (Å²) in [6.07, 6.45) is 1.69. The fraction of sp³-hybridized carbons (Fsp3) is 0.0667. The molecule has 0 aliphatic carbocycles. The fourth-order valence-electron chi connectivity index (χ4n) is 2.15. The Morgan fingerprint density at radius 1 is 0.895 bits per heavy atom. The summed E-state index contributed by atoms with van der Waals surface area (Å²) in [4.78, 5) is 0. The lowest BCUT2D eigenvalue weighted by molar-refractivity contribution is 0.547. The maximum absolute atomic E-state index is 13.6. The van der Waals surface area contributed by atoms with Crippen molar-refractivity contribution in [3.63, 3.8) is 0 Å². The summed E-state index contributed by atoms with van der Waals surface area (Å²) in [5.41, 5.74) is 0.590. The molecule has 96 valence electrons. The zero-order valence-corrected chi connectivity index (χ0v) is 9.91. The molecule has 0 atom stereocenters. The van der Waals surface area contributed by atoms with Gasteiger partial charge in [0.1, 0.15) is 17.5 Å². The van der Waals surface area contributed by atoms with Crippen molar-refractivity contribution in [1.29, 1.82) is 0 Å². The van der Waals surface area contributed by atoms with Crippen LogP contribution in [-0.4, -0.2) is 4.57 Å². The second-order valence-electron chi connectivity index (χ2n) is 4.35. The fourth-order valence-corrected chi connectivity index (χ4v) is 2.15. The van der Waals surface area contributed by atoms with Gasteiger partial charge in [-0.15, -0.1) is 0 Å². The normalized spacial score (nSPS) is 11.1. The molecule has 1 nitrogen and oxygen atoms in total. The van der Waals surface area contributed by atoms with Gasteiger partial charge in [-0.1, -0.05) is 6.07 Å². The van der Waals surface area contributed by atoms with E-state index in [0.717, 1.165) is 5.39 Å². The van der Waals surface area contributed by atoms with Crippen molar-refractivity contribution in [1.82, 2.24) is 4.57 Å². The van der Waals surface area contributed by atoms with Crippen LogP contribution >= 0.6 is 0 Å². The maximum atomic E-state index is 13.6. The minimum Gasteiger partial charge on any atom is -0.343 e. The Morgan fingerprint density at radius 2 is 1.63 bits per heavy atom.